The molecule has 0 aliphatic carbocycles. The summed E-state index contributed by atoms with van der Waals surface area (Å²) in [5.41, 5.74) is 3.45. The van der Waals surface area contributed by atoms with Crippen LogP contribution in [0.15, 0.2) is 66.7 Å². The summed E-state index contributed by atoms with van der Waals surface area (Å²) in [6.45, 7) is 0. The van der Waals surface area contributed by atoms with Crippen LogP contribution in [0.4, 0.5) is 0 Å². The number of hydrogen-bond donors (Lipinski definition) is 0. The van der Waals surface area contributed by atoms with Crippen LogP contribution in [-0.4, -0.2) is 21.3 Å². The maximum absolute atomic E-state index is 5.43. The molecular formula is C25H22O3S. The van der Waals surface area contributed by atoms with Crippen LogP contribution in [0.5, 0.6) is 17.2 Å². The van der Waals surface area contributed by atoms with E-state index in [0.29, 0.717) is 0 Å². The number of fused-ring (bicyclic) bond motifs is 1. The Morgan fingerprint density at radius 3 is 2.21 bits per heavy atom. The van der Waals surface area contributed by atoms with Gasteiger partial charge in [0.15, 0.2) is 11.5 Å². The van der Waals surface area contributed by atoms with Crippen molar-refractivity contribution in [1.82, 2.24) is 0 Å². The van der Waals surface area contributed by atoms with Crippen LogP contribution in [0.25, 0.3) is 32.7 Å². The van der Waals surface area contributed by atoms with Crippen molar-refractivity contribution in [2.75, 3.05) is 21.3 Å². The molecule has 0 atom stereocenters. The molecule has 4 rings (SSSR count). The van der Waals surface area contributed by atoms with Gasteiger partial charge in [0.25, 0.3) is 0 Å². The van der Waals surface area contributed by atoms with Crippen molar-refractivity contribution in [3.8, 4) is 27.7 Å². The molecule has 0 saturated heterocycles. The summed E-state index contributed by atoms with van der Waals surface area (Å²) < 4.78 is 17.3. The first kappa shape index (κ1) is 19.1. The Morgan fingerprint density at radius 2 is 1.48 bits per heavy atom. The van der Waals surface area contributed by atoms with Gasteiger partial charge >= 0.3 is 0 Å². The molecule has 0 aliphatic heterocycles. The van der Waals surface area contributed by atoms with Crippen molar-refractivity contribution in [3.63, 3.8) is 0 Å². The first-order chi connectivity index (χ1) is 14.2. The molecular weight excluding hydrogens is 380 g/mol. The number of hydrogen-bond acceptors (Lipinski definition) is 4. The van der Waals surface area contributed by atoms with Gasteiger partial charge in [-0.3, -0.25) is 0 Å². The third-order valence-electron chi connectivity index (χ3n) is 4.84. The van der Waals surface area contributed by atoms with E-state index in [0.717, 1.165) is 22.8 Å². The molecule has 0 amide bonds. The van der Waals surface area contributed by atoms with Crippen molar-refractivity contribution in [2.24, 2.45) is 0 Å². The van der Waals surface area contributed by atoms with Gasteiger partial charge < -0.3 is 14.2 Å². The molecule has 0 unspecified atom stereocenters. The minimum atomic E-state index is 0.722. The van der Waals surface area contributed by atoms with Crippen LogP contribution in [-0.2, 0) is 0 Å². The van der Waals surface area contributed by atoms with Crippen LogP contribution >= 0.6 is 11.3 Å². The normalized spacial score (nSPS) is 11.1. The van der Waals surface area contributed by atoms with Gasteiger partial charge in [0.1, 0.15) is 5.75 Å². The zero-order valence-electron chi connectivity index (χ0n) is 16.6. The summed E-state index contributed by atoms with van der Waals surface area (Å²) in [6, 6.07) is 22.7. The average Bonchev–Trinajstić information content (AvgIpc) is 3.16. The summed E-state index contributed by atoms with van der Waals surface area (Å²) in [5.74, 6) is 2.31. The molecule has 3 nitrogen and oxygen atoms in total. The average molecular weight is 403 g/mol. The van der Waals surface area contributed by atoms with Crippen molar-refractivity contribution < 1.29 is 14.2 Å². The van der Waals surface area contributed by atoms with Gasteiger partial charge in [0.2, 0.25) is 0 Å². The molecule has 29 heavy (non-hydrogen) atoms. The Morgan fingerprint density at radius 1 is 0.724 bits per heavy atom. The van der Waals surface area contributed by atoms with E-state index in [1.807, 2.05) is 30.3 Å². The largest absolute Gasteiger partial charge is 0.497 e. The van der Waals surface area contributed by atoms with E-state index in [1.165, 1.54) is 26.1 Å². The second-order valence-electron chi connectivity index (χ2n) is 6.52. The highest BCUT2D eigenvalue weighted by molar-refractivity contribution is 7.22. The molecule has 4 aromatic rings. The molecule has 0 bridgehead atoms. The predicted octanol–water partition coefficient (Wildman–Crippen LogP) is 6.76. The molecule has 0 aliphatic rings. The summed E-state index contributed by atoms with van der Waals surface area (Å²) in [4.78, 5) is 1.24. The highest BCUT2D eigenvalue weighted by atomic mass is 32.1. The van der Waals surface area contributed by atoms with Crippen LogP contribution in [0.3, 0.4) is 0 Å². The SMILES string of the molecule is COc1ccc(-c2sc3ccccc3c2C=Cc2ccc(OC)c(OC)c2)cc1. The third-order valence-corrected chi connectivity index (χ3v) is 6.07. The van der Waals surface area contributed by atoms with E-state index in [-0.39, 0.29) is 0 Å². The van der Waals surface area contributed by atoms with E-state index in [2.05, 4.69) is 48.6 Å². The monoisotopic (exact) mass is 402 g/mol. The first-order valence-corrected chi connectivity index (χ1v) is 10.1. The van der Waals surface area contributed by atoms with Crippen molar-refractivity contribution in [3.05, 3.63) is 77.9 Å². The molecule has 3 aromatic carbocycles. The fraction of sp³-hybridized carbons (Fsp3) is 0.120. The summed E-state index contributed by atoms with van der Waals surface area (Å²) in [6.07, 6.45) is 4.29. The lowest BCUT2D eigenvalue weighted by atomic mass is 10.0. The number of thiophene rings is 1. The molecule has 146 valence electrons. The fourth-order valence-electron chi connectivity index (χ4n) is 3.32. The lowest BCUT2D eigenvalue weighted by Crippen LogP contribution is -1.90. The Labute approximate surface area is 174 Å². The Hall–Kier alpha value is -3.24. The maximum atomic E-state index is 5.43. The third kappa shape index (κ3) is 3.84. The van der Waals surface area contributed by atoms with Gasteiger partial charge in [-0.25, -0.2) is 0 Å². The molecule has 4 heteroatoms. The minimum Gasteiger partial charge on any atom is -0.497 e. The van der Waals surface area contributed by atoms with E-state index < -0.39 is 0 Å². The van der Waals surface area contributed by atoms with E-state index >= 15 is 0 Å². The van der Waals surface area contributed by atoms with Crippen molar-refractivity contribution in [2.45, 2.75) is 0 Å². The van der Waals surface area contributed by atoms with Crippen molar-refractivity contribution >= 4 is 33.6 Å². The van der Waals surface area contributed by atoms with Gasteiger partial charge in [-0.2, -0.15) is 0 Å². The van der Waals surface area contributed by atoms with Crippen LogP contribution in [0, 0.1) is 0 Å². The molecule has 0 fully saturated rings. The Kier molecular flexibility index (Phi) is 5.54. The zero-order valence-corrected chi connectivity index (χ0v) is 17.5. The van der Waals surface area contributed by atoms with E-state index in [4.69, 9.17) is 14.2 Å². The Balaban J connectivity index is 1.79. The summed E-state index contributed by atoms with van der Waals surface area (Å²) in [7, 11) is 4.98. The van der Waals surface area contributed by atoms with E-state index in [1.54, 1.807) is 32.7 Å². The van der Waals surface area contributed by atoms with Crippen LogP contribution in [0.2, 0.25) is 0 Å². The lowest BCUT2D eigenvalue weighted by Gasteiger charge is -2.08. The van der Waals surface area contributed by atoms with E-state index in [9.17, 15) is 0 Å². The maximum Gasteiger partial charge on any atom is 0.161 e. The summed E-state index contributed by atoms with van der Waals surface area (Å²) in [5, 5.41) is 1.25. The van der Waals surface area contributed by atoms with Gasteiger partial charge in [0, 0.05) is 20.5 Å². The smallest absolute Gasteiger partial charge is 0.161 e. The molecule has 0 saturated carbocycles. The summed E-state index contributed by atoms with van der Waals surface area (Å²) >= 11 is 1.80. The molecule has 0 radical (unpaired) electrons. The fourth-order valence-corrected chi connectivity index (χ4v) is 4.52. The topological polar surface area (TPSA) is 27.7 Å². The highest BCUT2D eigenvalue weighted by Gasteiger charge is 2.12. The second kappa shape index (κ2) is 8.41. The van der Waals surface area contributed by atoms with Gasteiger partial charge in [-0.05, 0) is 53.6 Å². The molecule has 1 aromatic heterocycles. The quantitative estimate of drug-likeness (QED) is 0.356. The number of methoxy groups -OCH3 is 3. The van der Waals surface area contributed by atoms with Gasteiger partial charge in [-0.15, -0.1) is 11.3 Å². The second-order valence-corrected chi connectivity index (χ2v) is 7.57. The Bertz CT molecular complexity index is 1160. The van der Waals surface area contributed by atoms with Crippen LogP contribution < -0.4 is 14.2 Å². The van der Waals surface area contributed by atoms with Gasteiger partial charge in [-0.1, -0.05) is 36.4 Å². The zero-order chi connectivity index (χ0) is 20.2. The standard InChI is InChI=1S/C25H22O3S/c1-26-19-12-10-18(11-13-19)25-21(20-6-4-5-7-24(20)29-25)14-8-17-9-15-22(27-2)23(16-17)28-3/h4-16H,1-3H3. The number of benzene rings is 3. The lowest BCUT2D eigenvalue weighted by molar-refractivity contribution is 0.355. The van der Waals surface area contributed by atoms with Crippen LogP contribution in [0.1, 0.15) is 11.1 Å². The van der Waals surface area contributed by atoms with Crippen molar-refractivity contribution in [1.29, 1.82) is 0 Å². The van der Waals surface area contributed by atoms with Gasteiger partial charge in [0.05, 0.1) is 21.3 Å². The number of rotatable bonds is 6. The molecule has 0 N–H and O–H groups in total. The number of ether oxygens (including phenoxy) is 3. The first-order valence-electron chi connectivity index (χ1n) is 9.29. The highest BCUT2D eigenvalue weighted by Crippen LogP contribution is 2.40. The molecule has 0 spiro atoms. The predicted molar refractivity (Wildman–Crippen MR) is 122 cm³/mol. The molecule has 1 heterocycles. The minimum absolute atomic E-state index is 0.722.